The number of para-hydroxylation sites is 1. The van der Waals surface area contributed by atoms with E-state index in [1.54, 1.807) is 0 Å². The van der Waals surface area contributed by atoms with Gasteiger partial charge in [-0.05, 0) is 52.0 Å². The molecule has 0 fully saturated rings. The Morgan fingerprint density at radius 3 is 1.56 bits per heavy atom. The Balaban J connectivity index is 1.94. The van der Waals surface area contributed by atoms with Crippen molar-refractivity contribution in [2.75, 3.05) is 0 Å². The van der Waals surface area contributed by atoms with E-state index >= 15 is 0 Å². The van der Waals surface area contributed by atoms with Gasteiger partial charge in [-0.25, -0.2) is 0 Å². The third-order valence-corrected chi connectivity index (χ3v) is 4.68. The summed E-state index contributed by atoms with van der Waals surface area (Å²) in [5, 5.41) is 17.1. The molecule has 2 aromatic rings. The summed E-state index contributed by atoms with van der Waals surface area (Å²) in [6, 6.07) is 14.5. The Kier molecular flexibility index (Phi) is 3.35. The van der Waals surface area contributed by atoms with Gasteiger partial charge in [-0.15, -0.1) is 0 Å². The molecule has 0 saturated carbocycles. The molecule has 5 heteroatoms. The zero-order valence-corrected chi connectivity index (χ0v) is 14.9. The first-order valence-corrected chi connectivity index (χ1v) is 8.43. The van der Waals surface area contributed by atoms with Gasteiger partial charge in [0.2, 0.25) is 0 Å². The first kappa shape index (κ1) is 15.7. The van der Waals surface area contributed by atoms with Gasteiger partial charge in [0.25, 0.3) is 0 Å². The molecule has 0 spiro atoms. The summed E-state index contributed by atoms with van der Waals surface area (Å²) < 4.78 is 2.21. The normalized spacial score (nSPS) is 20.0. The van der Waals surface area contributed by atoms with Gasteiger partial charge in [0.05, 0.1) is 22.8 Å². The van der Waals surface area contributed by atoms with Crippen molar-refractivity contribution in [3.63, 3.8) is 0 Å². The van der Waals surface area contributed by atoms with E-state index < -0.39 is 0 Å². The highest BCUT2D eigenvalue weighted by Gasteiger charge is 2.35. The summed E-state index contributed by atoms with van der Waals surface area (Å²) in [5.41, 5.74) is 4.66. The van der Waals surface area contributed by atoms with Crippen molar-refractivity contribution in [2.24, 2.45) is 31.2 Å². The van der Waals surface area contributed by atoms with Crippen LogP contribution in [0.5, 0.6) is 0 Å². The fraction of sp³-hybridized carbons (Fsp3) is 0.300. The van der Waals surface area contributed by atoms with E-state index in [1.165, 1.54) is 0 Å². The zero-order chi connectivity index (χ0) is 17.7. The van der Waals surface area contributed by atoms with Crippen LogP contribution in [0, 0.1) is 10.8 Å². The van der Waals surface area contributed by atoms with Crippen molar-refractivity contribution < 1.29 is 0 Å². The SMILES string of the molecule is CC1(C)C=NN=C1c1ccc(C2=NN=CC2(C)C)n1-c1ccccc1. The number of nitrogens with zero attached hydrogens (tertiary/aromatic N) is 5. The second kappa shape index (κ2) is 5.34. The van der Waals surface area contributed by atoms with Crippen molar-refractivity contribution in [2.45, 2.75) is 27.7 Å². The van der Waals surface area contributed by atoms with Gasteiger partial charge in [-0.1, -0.05) is 18.2 Å². The Hall–Kier alpha value is -2.82. The molecule has 0 bridgehead atoms. The van der Waals surface area contributed by atoms with Crippen LogP contribution in [0.15, 0.2) is 62.9 Å². The maximum atomic E-state index is 4.42. The van der Waals surface area contributed by atoms with E-state index in [0.29, 0.717) is 0 Å². The van der Waals surface area contributed by atoms with Gasteiger partial charge in [0.15, 0.2) is 0 Å². The fourth-order valence-electron chi connectivity index (χ4n) is 3.27. The molecule has 0 amide bonds. The summed E-state index contributed by atoms with van der Waals surface area (Å²) in [6.45, 7) is 8.52. The highest BCUT2D eigenvalue weighted by Crippen LogP contribution is 2.32. The maximum absolute atomic E-state index is 4.42. The Bertz CT molecular complexity index is 882. The van der Waals surface area contributed by atoms with Crippen LogP contribution in [0.3, 0.4) is 0 Å². The molecular formula is C20H21N5. The van der Waals surface area contributed by atoms with Crippen molar-refractivity contribution in [1.82, 2.24) is 4.57 Å². The van der Waals surface area contributed by atoms with Crippen molar-refractivity contribution in [1.29, 1.82) is 0 Å². The molecule has 0 radical (unpaired) electrons. The molecule has 126 valence electrons. The van der Waals surface area contributed by atoms with Crippen molar-refractivity contribution in [3.05, 3.63) is 53.9 Å². The van der Waals surface area contributed by atoms with Crippen LogP contribution < -0.4 is 0 Å². The molecule has 3 heterocycles. The minimum Gasteiger partial charge on any atom is -0.307 e. The largest absolute Gasteiger partial charge is 0.307 e. The monoisotopic (exact) mass is 331 g/mol. The average Bonchev–Trinajstić information content (AvgIpc) is 3.23. The molecule has 5 nitrogen and oxygen atoms in total. The lowest BCUT2D eigenvalue weighted by atomic mass is 9.87. The van der Waals surface area contributed by atoms with Crippen molar-refractivity contribution in [3.8, 4) is 5.69 Å². The van der Waals surface area contributed by atoms with Crippen LogP contribution in [0.25, 0.3) is 5.69 Å². The molecule has 0 aliphatic carbocycles. The number of aromatic nitrogens is 1. The summed E-state index contributed by atoms with van der Waals surface area (Å²) in [5.74, 6) is 0. The van der Waals surface area contributed by atoms with E-state index in [1.807, 2.05) is 30.6 Å². The molecule has 0 saturated heterocycles. The van der Waals surface area contributed by atoms with Gasteiger partial charge in [-0.3, -0.25) is 0 Å². The molecule has 4 rings (SSSR count). The lowest BCUT2D eigenvalue weighted by Crippen LogP contribution is -2.29. The molecule has 2 aliphatic heterocycles. The molecule has 2 aliphatic rings. The average molecular weight is 331 g/mol. The molecule has 0 unspecified atom stereocenters. The maximum Gasteiger partial charge on any atom is 0.0980 e. The second-order valence-corrected chi connectivity index (χ2v) is 7.60. The minimum absolute atomic E-state index is 0.203. The van der Waals surface area contributed by atoms with Crippen LogP contribution in [0.2, 0.25) is 0 Å². The van der Waals surface area contributed by atoms with Gasteiger partial charge >= 0.3 is 0 Å². The smallest absolute Gasteiger partial charge is 0.0980 e. The Morgan fingerprint density at radius 1 is 0.680 bits per heavy atom. The summed E-state index contributed by atoms with van der Waals surface area (Å²) in [4.78, 5) is 0. The first-order valence-electron chi connectivity index (χ1n) is 8.43. The lowest BCUT2D eigenvalue weighted by molar-refractivity contribution is 0.748. The predicted molar refractivity (Wildman–Crippen MR) is 103 cm³/mol. The summed E-state index contributed by atoms with van der Waals surface area (Å²) >= 11 is 0. The Morgan fingerprint density at radius 2 is 1.16 bits per heavy atom. The van der Waals surface area contributed by atoms with E-state index in [2.05, 4.69) is 76.9 Å². The van der Waals surface area contributed by atoms with E-state index in [4.69, 9.17) is 0 Å². The van der Waals surface area contributed by atoms with Gasteiger partial charge < -0.3 is 4.57 Å². The minimum atomic E-state index is -0.203. The number of hydrogen-bond donors (Lipinski definition) is 0. The number of hydrogen-bond acceptors (Lipinski definition) is 4. The van der Waals surface area contributed by atoms with Crippen LogP contribution in [0.1, 0.15) is 39.1 Å². The third kappa shape index (κ3) is 2.47. The zero-order valence-electron chi connectivity index (χ0n) is 14.9. The van der Waals surface area contributed by atoms with Crippen LogP contribution in [-0.2, 0) is 0 Å². The van der Waals surface area contributed by atoms with Crippen LogP contribution in [-0.4, -0.2) is 28.4 Å². The lowest BCUT2D eigenvalue weighted by Gasteiger charge is -2.22. The van der Waals surface area contributed by atoms with Gasteiger partial charge in [0.1, 0.15) is 0 Å². The van der Waals surface area contributed by atoms with E-state index in [9.17, 15) is 0 Å². The highest BCUT2D eigenvalue weighted by molar-refractivity contribution is 6.17. The van der Waals surface area contributed by atoms with Crippen LogP contribution >= 0.6 is 0 Å². The second-order valence-electron chi connectivity index (χ2n) is 7.60. The molecule has 1 aromatic carbocycles. The summed E-state index contributed by atoms with van der Waals surface area (Å²) in [6.07, 6.45) is 3.79. The van der Waals surface area contributed by atoms with Gasteiger partial charge in [0, 0.05) is 28.9 Å². The van der Waals surface area contributed by atoms with Crippen LogP contribution in [0.4, 0.5) is 0 Å². The highest BCUT2D eigenvalue weighted by atomic mass is 15.3. The third-order valence-electron chi connectivity index (χ3n) is 4.68. The van der Waals surface area contributed by atoms with E-state index in [0.717, 1.165) is 28.5 Å². The van der Waals surface area contributed by atoms with Crippen molar-refractivity contribution >= 4 is 23.9 Å². The molecule has 0 atom stereocenters. The molecular weight excluding hydrogens is 310 g/mol. The topological polar surface area (TPSA) is 54.4 Å². The first-order chi connectivity index (χ1) is 11.9. The standard InChI is InChI=1S/C20H21N5/c1-19(2)12-21-23-17(19)15-10-11-16(18-20(3,4)13-22-24-18)25(15)14-8-6-5-7-9-14/h5-13H,1-4H3. The molecule has 0 N–H and O–H groups in total. The van der Waals surface area contributed by atoms with E-state index in [-0.39, 0.29) is 10.8 Å². The number of benzene rings is 1. The fourth-order valence-corrected chi connectivity index (χ4v) is 3.27. The Labute approximate surface area is 147 Å². The van der Waals surface area contributed by atoms with Gasteiger partial charge in [-0.2, -0.15) is 20.4 Å². The quantitative estimate of drug-likeness (QED) is 0.813. The molecule has 25 heavy (non-hydrogen) atoms. The summed E-state index contributed by atoms with van der Waals surface area (Å²) in [7, 11) is 0. The predicted octanol–water partition coefficient (Wildman–Crippen LogP) is 4.11. The molecule has 1 aromatic heterocycles. The number of rotatable bonds is 3.